The van der Waals surface area contributed by atoms with Gasteiger partial charge in [0.15, 0.2) is 5.75 Å². The first kappa shape index (κ1) is 12.9. The Bertz CT molecular complexity index is 586. The third kappa shape index (κ3) is 3.02. The Morgan fingerprint density at radius 2 is 1.72 bits per heavy atom. The SMILES string of the molecule is O=[N+]([O-])c1ccc(Sc2ccc(Br)cc2)cc1O. The molecule has 2 aromatic rings. The molecule has 0 unspecified atom stereocenters. The molecule has 2 rings (SSSR count). The molecule has 92 valence electrons. The van der Waals surface area contributed by atoms with E-state index in [4.69, 9.17) is 0 Å². The Kier molecular flexibility index (Phi) is 3.88. The van der Waals surface area contributed by atoms with E-state index < -0.39 is 4.92 Å². The molecule has 0 aliphatic carbocycles. The lowest BCUT2D eigenvalue weighted by Crippen LogP contribution is -1.88. The van der Waals surface area contributed by atoms with E-state index in [1.165, 1.54) is 23.9 Å². The van der Waals surface area contributed by atoms with Crippen LogP contribution in [0.3, 0.4) is 0 Å². The minimum atomic E-state index is -0.608. The summed E-state index contributed by atoms with van der Waals surface area (Å²) in [5.74, 6) is -0.317. The lowest BCUT2D eigenvalue weighted by Gasteiger charge is -2.03. The van der Waals surface area contributed by atoms with Gasteiger partial charge in [-0.2, -0.15) is 0 Å². The number of phenols is 1. The Morgan fingerprint density at radius 1 is 1.11 bits per heavy atom. The highest BCUT2D eigenvalue weighted by Gasteiger charge is 2.13. The van der Waals surface area contributed by atoms with Gasteiger partial charge < -0.3 is 5.11 Å². The minimum absolute atomic E-state index is 0.282. The van der Waals surface area contributed by atoms with Gasteiger partial charge in [0.05, 0.1) is 4.92 Å². The van der Waals surface area contributed by atoms with Crippen molar-refractivity contribution in [1.82, 2.24) is 0 Å². The van der Waals surface area contributed by atoms with Crippen LogP contribution in [0, 0.1) is 10.1 Å². The normalized spacial score (nSPS) is 10.3. The van der Waals surface area contributed by atoms with Gasteiger partial charge in [-0.15, -0.1) is 0 Å². The summed E-state index contributed by atoms with van der Waals surface area (Å²) < 4.78 is 0.985. The molecule has 0 radical (unpaired) electrons. The van der Waals surface area contributed by atoms with Gasteiger partial charge in [0.2, 0.25) is 0 Å². The predicted octanol–water partition coefficient (Wildman–Crippen LogP) is 4.21. The van der Waals surface area contributed by atoms with Crippen LogP contribution in [0.2, 0.25) is 0 Å². The summed E-state index contributed by atoms with van der Waals surface area (Å²) in [6.45, 7) is 0. The summed E-state index contributed by atoms with van der Waals surface area (Å²) >= 11 is 4.77. The van der Waals surface area contributed by atoms with Gasteiger partial charge >= 0.3 is 5.69 Å². The number of nitro benzene ring substituents is 1. The molecule has 0 atom stereocenters. The molecule has 1 N–H and O–H groups in total. The first-order valence-corrected chi connectivity index (χ1v) is 6.58. The van der Waals surface area contributed by atoms with Crippen LogP contribution in [0.25, 0.3) is 0 Å². The van der Waals surface area contributed by atoms with E-state index in [1.54, 1.807) is 6.07 Å². The highest BCUT2D eigenvalue weighted by atomic mass is 79.9. The summed E-state index contributed by atoms with van der Waals surface area (Å²) in [6.07, 6.45) is 0. The van der Waals surface area contributed by atoms with Crippen molar-refractivity contribution in [3.63, 3.8) is 0 Å². The van der Waals surface area contributed by atoms with Crippen molar-refractivity contribution >= 4 is 33.4 Å². The summed E-state index contributed by atoms with van der Waals surface area (Å²) in [5, 5.41) is 20.1. The van der Waals surface area contributed by atoms with Crippen molar-refractivity contribution in [1.29, 1.82) is 0 Å². The first-order valence-electron chi connectivity index (χ1n) is 4.97. The number of hydrogen-bond donors (Lipinski definition) is 1. The highest BCUT2D eigenvalue weighted by molar-refractivity contribution is 9.10. The predicted molar refractivity (Wildman–Crippen MR) is 73.0 cm³/mol. The van der Waals surface area contributed by atoms with Crippen LogP contribution in [0.5, 0.6) is 5.75 Å². The Hall–Kier alpha value is -1.53. The average molecular weight is 326 g/mol. The molecule has 0 amide bonds. The lowest BCUT2D eigenvalue weighted by molar-refractivity contribution is -0.385. The summed E-state index contributed by atoms with van der Waals surface area (Å²) in [7, 11) is 0. The summed E-state index contributed by atoms with van der Waals surface area (Å²) in [5.41, 5.74) is -0.282. The third-order valence-corrected chi connectivity index (χ3v) is 3.72. The topological polar surface area (TPSA) is 63.4 Å². The van der Waals surface area contributed by atoms with E-state index in [2.05, 4.69) is 15.9 Å². The van der Waals surface area contributed by atoms with Gasteiger partial charge in [0.1, 0.15) is 0 Å². The van der Waals surface area contributed by atoms with Gasteiger partial charge in [0.25, 0.3) is 0 Å². The van der Waals surface area contributed by atoms with Crippen LogP contribution < -0.4 is 0 Å². The molecule has 0 saturated heterocycles. The molecule has 6 heteroatoms. The maximum atomic E-state index is 10.6. The third-order valence-electron chi connectivity index (χ3n) is 2.19. The van der Waals surface area contributed by atoms with Gasteiger partial charge in [-0.3, -0.25) is 10.1 Å². The van der Waals surface area contributed by atoms with Gasteiger partial charge in [0, 0.05) is 26.4 Å². The van der Waals surface area contributed by atoms with Gasteiger partial charge in [-0.05, 0) is 30.3 Å². The zero-order valence-electron chi connectivity index (χ0n) is 9.04. The van der Waals surface area contributed by atoms with Crippen molar-refractivity contribution in [2.45, 2.75) is 9.79 Å². The maximum absolute atomic E-state index is 10.6. The molecule has 0 heterocycles. The fourth-order valence-electron chi connectivity index (χ4n) is 1.36. The number of halogens is 1. The zero-order chi connectivity index (χ0) is 13.1. The molecule has 0 aromatic heterocycles. The van der Waals surface area contributed by atoms with Crippen molar-refractivity contribution in [2.75, 3.05) is 0 Å². The summed E-state index contributed by atoms with van der Waals surface area (Å²) in [4.78, 5) is 11.7. The summed E-state index contributed by atoms with van der Waals surface area (Å²) in [6, 6.07) is 12.0. The molecular formula is C12H8BrNO3S. The molecular weight excluding hydrogens is 318 g/mol. The van der Waals surface area contributed by atoms with E-state index in [1.807, 2.05) is 24.3 Å². The van der Waals surface area contributed by atoms with Gasteiger partial charge in [-0.1, -0.05) is 27.7 Å². The second kappa shape index (κ2) is 5.41. The van der Waals surface area contributed by atoms with E-state index in [-0.39, 0.29) is 11.4 Å². The number of nitrogens with zero attached hydrogens (tertiary/aromatic N) is 1. The second-order valence-electron chi connectivity index (χ2n) is 3.46. The number of rotatable bonds is 3. The largest absolute Gasteiger partial charge is 0.502 e. The van der Waals surface area contributed by atoms with Crippen LogP contribution >= 0.6 is 27.7 Å². The molecule has 0 saturated carbocycles. The molecule has 4 nitrogen and oxygen atoms in total. The van der Waals surface area contributed by atoms with Crippen LogP contribution in [-0.2, 0) is 0 Å². The van der Waals surface area contributed by atoms with Crippen LogP contribution in [0.4, 0.5) is 5.69 Å². The van der Waals surface area contributed by atoms with E-state index >= 15 is 0 Å². The standard InChI is InChI=1S/C12H8BrNO3S/c13-8-1-3-9(4-2-8)18-10-5-6-11(14(16)17)12(15)7-10/h1-7,15H. The smallest absolute Gasteiger partial charge is 0.310 e. The number of nitro groups is 1. The minimum Gasteiger partial charge on any atom is -0.502 e. The van der Waals surface area contributed by atoms with Crippen molar-refractivity contribution in [3.8, 4) is 5.75 Å². The molecule has 0 fully saturated rings. The zero-order valence-corrected chi connectivity index (χ0v) is 11.4. The highest BCUT2D eigenvalue weighted by Crippen LogP contribution is 2.34. The number of benzene rings is 2. The Balaban J connectivity index is 2.22. The number of phenolic OH excluding ortho intramolecular Hbond substituents is 1. The van der Waals surface area contributed by atoms with Crippen molar-refractivity contribution in [2.24, 2.45) is 0 Å². The fourth-order valence-corrected chi connectivity index (χ4v) is 2.48. The molecule has 18 heavy (non-hydrogen) atoms. The fraction of sp³-hybridized carbons (Fsp3) is 0. The first-order chi connectivity index (χ1) is 8.56. The monoisotopic (exact) mass is 325 g/mol. The average Bonchev–Trinajstić information content (AvgIpc) is 2.32. The number of aromatic hydroxyl groups is 1. The second-order valence-corrected chi connectivity index (χ2v) is 5.53. The van der Waals surface area contributed by atoms with E-state index in [0.29, 0.717) is 0 Å². The number of hydrogen-bond acceptors (Lipinski definition) is 4. The molecule has 2 aromatic carbocycles. The molecule has 0 aliphatic rings. The van der Waals surface area contributed by atoms with Crippen LogP contribution in [0.15, 0.2) is 56.7 Å². The van der Waals surface area contributed by atoms with Crippen LogP contribution in [-0.4, -0.2) is 10.0 Å². The van der Waals surface area contributed by atoms with Crippen molar-refractivity contribution < 1.29 is 10.0 Å². The quantitative estimate of drug-likeness (QED) is 0.678. The molecule has 0 spiro atoms. The Labute approximate surface area is 116 Å². The van der Waals surface area contributed by atoms with Gasteiger partial charge in [-0.25, -0.2) is 0 Å². The van der Waals surface area contributed by atoms with E-state index in [0.717, 1.165) is 14.3 Å². The maximum Gasteiger partial charge on any atom is 0.310 e. The molecule has 0 aliphatic heterocycles. The molecule has 0 bridgehead atoms. The van der Waals surface area contributed by atoms with E-state index in [9.17, 15) is 15.2 Å². The van der Waals surface area contributed by atoms with Crippen molar-refractivity contribution in [3.05, 3.63) is 57.1 Å². The Morgan fingerprint density at radius 3 is 2.28 bits per heavy atom. The lowest BCUT2D eigenvalue weighted by atomic mass is 10.3. The van der Waals surface area contributed by atoms with Crippen LogP contribution in [0.1, 0.15) is 0 Å².